The zero-order valence-corrected chi connectivity index (χ0v) is 20.5. The highest BCUT2D eigenvalue weighted by atomic mass is 32.1. The first-order valence-corrected chi connectivity index (χ1v) is 13.0. The van der Waals surface area contributed by atoms with Crippen LogP contribution in [0, 0.1) is 0 Å². The van der Waals surface area contributed by atoms with Crippen LogP contribution in [-0.4, -0.2) is 4.98 Å². The monoisotopic (exact) mass is 465 g/mol. The maximum absolute atomic E-state index is 3.75. The molecule has 0 saturated carbocycles. The molecule has 1 aliphatic carbocycles. The molecule has 0 aliphatic heterocycles. The van der Waals surface area contributed by atoms with Gasteiger partial charge in [-0.1, -0.05) is 92.7 Å². The van der Waals surface area contributed by atoms with Gasteiger partial charge in [0.1, 0.15) is 0 Å². The van der Waals surface area contributed by atoms with Gasteiger partial charge in [-0.05, 0) is 51.6 Å². The number of aromatic nitrogens is 1. The van der Waals surface area contributed by atoms with Crippen LogP contribution in [0.4, 0.5) is 0 Å². The fourth-order valence-electron chi connectivity index (χ4n) is 6.40. The van der Waals surface area contributed by atoms with Gasteiger partial charge in [0.15, 0.2) is 0 Å². The Kier molecular flexibility index (Phi) is 3.67. The largest absolute Gasteiger partial charge is 0.353 e. The molecule has 0 saturated heterocycles. The standard InChI is InChI=1S/C33H23NS/c1-33(2)27-12-5-3-8-21(27)23-11-7-10-20(30(23)33)19-14-17-28-26(18-19)24-15-16-25-22-9-4-6-13-29(22)35-32(25)31(24)34-28/h3-18,34H,1-2H3. The maximum Gasteiger partial charge on any atom is 0.0646 e. The molecular formula is C33H23NS. The van der Waals surface area contributed by atoms with Crippen LogP contribution >= 0.6 is 11.3 Å². The van der Waals surface area contributed by atoms with Crippen LogP contribution in [0.1, 0.15) is 25.0 Å². The van der Waals surface area contributed by atoms with Crippen LogP contribution in [0.2, 0.25) is 0 Å². The zero-order chi connectivity index (χ0) is 23.3. The summed E-state index contributed by atoms with van der Waals surface area (Å²) in [6, 6.07) is 35.9. The molecule has 1 N–H and O–H groups in total. The highest BCUT2D eigenvalue weighted by Crippen LogP contribution is 2.52. The molecule has 0 spiro atoms. The smallest absolute Gasteiger partial charge is 0.0646 e. The van der Waals surface area contributed by atoms with Crippen molar-refractivity contribution in [2.24, 2.45) is 0 Å². The fourth-order valence-corrected chi connectivity index (χ4v) is 7.61. The zero-order valence-electron chi connectivity index (χ0n) is 19.6. The Hall–Kier alpha value is -3.88. The van der Waals surface area contributed by atoms with Crippen molar-refractivity contribution in [2.45, 2.75) is 19.3 Å². The lowest BCUT2D eigenvalue weighted by atomic mass is 9.79. The molecule has 2 aromatic heterocycles. The van der Waals surface area contributed by atoms with Crippen molar-refractivity contribution in [1.29, 1.82) is 0 Å². The predicted octanol–water partition coefficient (Wildman–Crippen LogP) is 9.66. The van der Waals surface area contributed by atoms with E-state index in [2.05, 4.69) is 116 Å². The van der Waals surface area contributed by atoms with Gasteiger partial charge in [-0.3, -0.25) is 0 Å². The van der Waals surface area contributed by atoms with Crippen LogP contribution in [0.25, 0.3) is 64.2 Å². The minimum Gasteiger partial charge on any atom is -0.353 e. The van der Waals surface area contributed by atoms with E-state index in [1.165, 1.54) is 75.4 Å². The molecule has 2 heterocycles. The molecule has 2 heteroatoms. The molecule has 0 unspecified atom stereocenters. The van der Waals surface area contributed by atoms with Gasteiger partial charge in [0.05, 0.1) is 10.2 Å². The van der Waals surface area contributed by atoms with E-state index in [0.717, 1.165) is 0 Å². The third-order valence-corrected chi connectivity index (χ3v) is 9.21. The average molecular weight is 466 g/mol. The molecule has 7 aromatic rings. The maximum atomic E-state index is 3.75. The Balaban J connectivity index is 1.39. The van der Waals surface area contributed by atoms with Crippen LogP contribution in [0.15, 0.2) is 97.1 Å². The van der Waals surface area contributed by atoms with E-state index >= 15 is 0 Å². The fraction of sp³-hybridized carbons (Fsp3) is 0.0909. The third-order valence-electron chi connectivity index (χ3n) is 8.01. The molecule has 0 atom stereocenters. The number of nitrogens with one attached hydrogen (secondary N) is 1. The summed E-state index contributed by atoms with van der Waals surface area (Å²) in [5, 5.41) is 5.28. The molecule has 0 fully saturated rings. The highest BCUT2D eigenvalue weighted by molar-refractivity contribution is 7.26. The van der Waals surface area contributed by atoms with E-state index in [-0.39, 0.29) is 5.41 Å². The summed E-state index contributed by atoms with van der Waals surface area (Å²) in [6.07, 6.45) is 0. The summed E-state index contributed by atoms with van der Waals surface area (Å²) in [7, 11) is 0. The molecule has 0 amide bonds. The second kappa shape index (κ2) is 6.62. The molecule has 1 nitrogen and oxygen atoms in total. The Morgan fingerprint density at radius 3 is 2.34 bits per heavy atom. The van der Waals surface area contributed by atoms with E-state index in [1.807, 2.05) is 11.3 Å². The van der Waals surface area contributed by atoms with Crippen LogP contribution < -0.4 is 0 Å². The minimum atomic E-state index is -0.0269. The lowest BCUT2D eigenvalue weighted by molar-refractivity contribution is 0.662. The molecule has 8 rings (SSSR count). The molecule has 5 aromatic carbocycles. The quantitative estimate of drug-likeness (QED) is 0.248. The van der Waals surface area contributed by atoms with Crippen LogP contribution in [-0.2, 0) is 5.41 Å². The van der Waals surface area contributed by atoms with Crippen molar-refractivity contribution >= 4 is 53.3 Å². The van der Waals surface area contributed by atoms with Crippen LogP contribution in [0.5, 0.6) is 0 Å². The van der Waals surface area contributed by atoms with Gasteiger partial charge < -0.3 is 4.98 Å². The first-order chi connectivity index (χ1) is 17.1. The summed E-state index contributed by atoms with van der Waals surface area (Å²) in [5.41, 5.74) is 10.6. The van der Waals surface area contributed by atoms with E-state index < -0.39 is 0 Å². The van der Waals surface area contributed by atoms with Crippen LogP contribution in [0.3, 0.4) is 0 Å². The molecule has 1 aliphatic rings. The van der Waals surface area contributed by atoms with Crippen molar-refractivity contribution in [3.05, 3.63) is 108 Å². The predicted molar refractivity (Wildman–Crippen MR) is 152 cm³/mol. The number of aromatic amines is 1. The Labute approximate surface area is 207 Å². The van der Waals surface area contributed by atoms with Gasteiger partial charge in [0, 0.05) is 37.2 Å². The van der Waals surface area contributed by atoms with Gasteiger partial charge in [-0.2, -0.15) is 0 Å². The van der Waals surface area contributed by atoms with Gasteiger partial charge in [-0.15, -0.1) is 11.3 Å². The number of benzene rings is 5. The van der Waals surface area contributed by atoms with Crippen molar-refractivity contribution < 1.29 is 0 Å². The number of thiophene rings is 1. The second-order valence-corrected chi connectivity index (χ2v) is 11.3. The Morgan fingerprint density at radius 2 is 1.40 bits per heavy atom. The first kappa shape index (κ1) is 19.4. The number of rotatable bonds is 1. The van der Waals surface area contributed by atoms with Gasteiger partial charge in [0.25, 0.3) is 0 Å². The summed E-state index contributed by atoms with van der Waals surface area (Å²) < 4.78 is 2.69. The molecule has 166 valence electrons. The van der Waals surface area contributed by atoms with Gasteiger partial charge in [-0.25, -0.2) is 0 Å². The average Bonchev–Trinajstić information content (AvgIpc) is 3.52. The van der Waals surface area contributed by atoms with E-state index in [1.54, 1.807) is 0 Å². The SMILES string of the molecule is CC1(C)c2ccccc2-c2cccc(-c3ccc4[nH]c5c(ccc6c7ccccc7sc65)c4c3)c21. The van der Waals surface area contributed by atoms with E-state index in [9.17, 15) is 0 Å². The van der Waals surface area contributed by atoms with Gasteiger partial charge in [0.2, 0.25) is 0 Å². The lowest BCUT2D eigenvalue weighted by Crippen LogP contribution is -2.16. The normalized spacial score (nSPS) is 14.2. The third kappa shape index (κ3) is 2.47. The number of H-pyrrole nitrogens is 1. The van der Waals surface area contributed by atoms with Crippen molar-refractivity contribution in [3.8, 4) is 22.3 Å². The number of hydrogen-bond acceptors (Lipinski definition) is 1. The van der Waals surface area contributed by atoms with E-state index in [0.29, 0.717) is 0 Å². The lowest BCUT2D eigenvalue weighted by Gasteiger charge is -2.24. The summed E-state index contributed by atoms with van der Waals surface area (Å²) in [6.45, 7) is 4.73. The molecular weight excluding hydrogens is 442 g/mol. The molecule has 35 heavy (non-hydrogen) atoms. The van der Waals surface area contributed by atoms with E-state index in [4.69, 9.17) is 0 Å². The number of fused-ring (bicyclic) bond motifs is 10. The first-order valence-electron chi connectivity index (χ1n) is 12.2. The van der Waals surface area contributed by atoms with Crippen molar-refractivity contribution in [1.82, 2.24) is 4.98 Å². The Bertz CT molecular complexity index is 1980. The molecule has 0 bridgehead atoms. The second-order valence-electron chi connectivity index (χ2n) is 10.2. The van der Waals surface area contributed by atoms with Crippen molar-refractivity contribution in [2.75, 3.05) is 0 Å². The number of hydrogen-bond donors (Lipinski definition) is 1. The van der Waals surface area contributed by atoms with Crippen molar-refractivity contribution in [3.63, 3.8) is 0 Å². The molecule has 0 radical (unpaired) electrons. The topological polar surface area (TPSA) is 15.8 Å². The highest BCUT2D eigenvalue weighted by Gasteiger charge is 2.37. The summed E-state index contributed by atoms with van der Waals surface area (Å²) >= 11 is 1.88. The Morgan fingerprint density at radius 1 is 0.629 bits per heavy atom. The minimum absolute atomic E-state index is 0.0269. The summed E-state index contributed by atoms with van der Waals surface area (Å²) in [4.78, 5) is 3.75. The summed E-state index contributed by atoms with van der Waals surface area (Å²) in [5.74, 6) is 0. The van der Waals surface area contributed by atoms with Gasteiger partial charge >= 0.3 is 0 Å².